The normalized spacial score (nSPS) is 13.1. The van der Waals surface area contributed by atoms with Gasteiger partial charge in [0.25, 0.3) is 5.56 Å². The van der Waals surface area contributed by atoms with Crippen LogP contribution in [0.1, 0.15) is 13.8 Å². The minimum absolute atomic E-state index is 0.346. The zero-order chi connectivity index (χ0) is 15.0. The molecule has 2 aromatic heterocycles. The molecule has 0 aliphatic rings. The van der Waals surface area contributed by atoms with E-state index in [2.05, 4.69) is 4.98 Å². The lowest BCUT2D eigenvalue weighted by Crippen LogP contribution is -2.37. The molecule has 0 spiro atoms. The van der Waals surface area contributed by atoms with E-state index in [0.29, 0.717) is 28.6 Å². The van der Waals surface area contributed by atoms with Gasteiger partial charge in [-0.05, 0) is 13.8 Å². The number of imidazole rings is 1. The molecule has 0 saturated carbocycles. The van der Waals surface area contributed by atoms with Crippen molar-refractivity contribution in [1.29, 1.82) is 0 Å². The Labute approximate surface area is 119 Å². The van der Waals surface area contributed by atoms with Crippen molar-refractivity contribution in [2.24, 2.45) is 14.1 Å². The highest BCUT2D eigenvalue weighted by atomic mass is 32.2. The maximum absolute atomic E-state index is 12.3. The number of aliphatic hydroxyl groups is 1. The van der Waals surface area contributed by atoms with Crippen molar-refractivity contribution < 1.29 is 5.11 Å². The molecule has 20 heavy (non-hydrogen) atoms. The van der Waals surface area contributed by atoms with Gasteiger partial charge in [-0.3, -0.25) is 13.9 Å². The first kappa shape index (κ1) is 14.9. The van der Waals surface area contributed by atoms with Gasteiger partial charge in [-0.25, -0.2) is 9.78 Å². The fraction of sp³-hybridized carbons (Fsp3) is 0.583. The SMILES string of the molecule is CCn1c(SCC(C)O)nc2c1c(=O)n(C)c(=O)n2C. The Morgan fingerprint density at radius 3 is 2.50 bits per heavy atom. The van der Waals surface area contributed by atoms with E-state index in [4.69, 9.17) is 0 Å². The van der Waals surface area contributed by atoms with Crippen molar-refractivity contribution in [2.45, 2.75) is 31.7 Å². The first-order chi connectivity index (χ1) is 9.38. The molecular weight excluding hydrogens is 280 g/mol. The van der Waals surface area contributed by atoms with Crippen LogP contribution in [0.3, 0.4) is 0 Å². The van der Waals surface area contributed by atoms with Crippen molar-refractivity contribution in [2.75, 3.05) is 5.75 Å². The second-order valence-electron chi connectivity index (χ2n) is 4.68. The molecule has 1 N–H and O–H groups in total. The number of fused-ring (bicyclic) bond motifs is 1. The summed E-state index contributed by atoms with van der Waals surface area (Å²) in [7, 11) is 3.06. The molecule has 0 saturated heterocycles. The van der Waals surface area contributed by atoms with Crippen molar-refractivity contribution in [1.82, 2.24) is 18.7 Å². The third-order valence-electron chi connectivity index (χ3n) is 3.08. The number of thioether (sulfide) groups is 1. The first-order valence-corrected chi connectivity index (χ1v) is 7.34. The van der Waals surface area contributed by atoms with E-state index < -0.39 is 11.8 Å². The molecule has 7 nitrogen and oxygen atoms in total. The van der Waals surface area contributed by atoms with Gasteiger partial charge < -0.3 is 9.67 Å². The number of nitrogens with zero attached hydrogens (tertiary/aromatic N) is 4. The van der Waals surface area contributed by atoms with E-state index in [9.17, 15) is 14.7 Å². The lowest BCUT2D eigenvalue weighted by atomic mass is 10.5. The number of hydrogen-bond donors (Lipinski definition) is 1. The summed E-state index contributed by atoms with van der Waals surface area (Å²) in [6.45, 7) is 4.19. The summed E-state index contributed by atoms with van der Waals surface area (Å²) in [5.74, 6) is 0.484. The number of rotatable bonds is 4. The van der Waals surface area contributed by atoms with Crippen LogP contribution in [0.15, 0.2) is 14.7 Å². The topological polar surface area (TPSA) is 82.1 Å². The predicted molar refractivity (Wildman–Crippen MR) is 78.3 cm³/mol. The van der Waals surface area contributed by atoms with Crippen LogP contribution in [0, 0.1) is 0 Å². The van der Waals surface area contributed by atoms with Gasteiger partial charge in [-0.1, -0.05) is 11.8 Å². The average molecular weight is 298 g/mol. The zero-order valence-electron chi connectivity index (χ0n) is 12.0. The lowest BCUT2D eigenvalue weighted by Gasteiger charge is -2.07. The van der Waals surface area contributed by atoms with Gasteiger partial charge in [0.1, 0.15) is 0 Å². The van der Waals surface area contributed by atoms with Gasteiger partial charge in [0, 0.05) is 26.4 Å². The minimum atomic E-state index is -0.461. The Morgan fingerprint density at radius 1 is 1.30 bits per heavy atom. The largest absolute Gasteiger partial charge is 0.393 e. The van der Waals surface area contributed by atoms with Crippen molar-refractivity contribution in [3.63, 3.8) is 0 Å². The molecule has 0 bridgehead atoms. The van der Waals surface area contributed by atoms with Gasteiger partial charge >= 0.3 is 5.69 Å². The van der Waals surface area contributed by atoms with Gasteiger partial charge in [0.2, 0.25) is 0 Å². The van der Waals surface area contributed by atoms with E-state index in [1.165, 1.54) is 23.4 Å². The molecule has 2 rings (SSSR count). The Kier molecular flexibility index (Phi) is 4.05. The molecule has 1 atom stereocenters. The van der Waals surface area contributed by atoms with Gasteiger partial charge in [-0.15, -0.1) is 0 Å². The summed E-state index contributed by atoms with van der Waals surface area (Å²) < 4.78 is 4.23. The van der Waals surface area contributed by atoms with E-state index in [-0.39, 0.29) is 5.56 Å². The molecule has 110 valence electrons. The molecule has 2 aromatic rings. The van der Waals surface area contributed by atoms with Gasteiger partial charge in [0.15, 0.2) is 16.3 Å². The van der Waals surface area contributed by atoms with Gasteiger partial charge in [0.05, 0.1) is 6.10 Å². The monoisotopic (exact) mass is 298 g/mol. The molecule has 8 heteroatoms. The number of aliphatic hydroxyl groups excluding tert-OH is 1. The average Bonchev–Trinajstić information content (AvgIpc) is 2.79. The van der Waals surface area contributed by atoms with Crippen LogP contribution in [0.5, 0.6) is 0 Å². The molecule has 2 heterocycles. The molecule has 0 amide bonds. The minimum Gasteiger partial charge on any atom is -0.393 e. The van der Waals surface area contributed by atoms with Gasteiger partial charge in [-0.2, -0.15) is 0 Å². The quantitative estimate of drug-likeness (QED) is 0.799. The summed E-state index contributed by atoms with van der Waals surface area (Å²) in [5, 5.41) is 10.0. The molecule has 0 aliphatic carbocycles. The summed E-state index contributed by atoms with van der Waals surface area (Å²) in [4.78, 5) is 28.6. The number of aromatic nitrogens is 4. The number of hydrogen-bond acceptors (Lipinski definition) is 5. The standard InChI is InChI=1S/C12H18N4O3S/c1-5-16-8-9(13-11(16)20-6-7(2)17)14(3)12(19)15(4)10(8)18/h7,17H,5-6H2,1-4H3. The van der Waals surface area contributed by atoms with Crippen LogP contribution < -0.4 is 11.2 Å². The summed E-state index contributed by atoms with van der Waals surface area (Å²) >= 11 is 1.37. The third kappa shape index (κ3) is 2.29. The molecule has 0 aliphatic heterocycles. The highest BCUT2D eigenvalue weighted by molar-refractivity contribution is 7.99. The van der Waals surface area contributed by atoms with Crippen molar-refractivity contribution in [3.8, 4) is 0 Å². The van der Waals surface area contributed by atoms with E-state index in [1.807, 2.05) is 6.92 Å². The first-order valence-electron chi connectivity index (χ1n) is 6.35. The Balaban J connectivity index is 2.75. The smallest absolute Gasteiger partial charge is 0.332 e. The third-order valence-corrected chi connectivity index (χ3v) is 4.30. The van der Waals surface area contributed by atoms with Crippen LogP contribution in [0.2, 0.25) is 0 Å². The van der Waals surface area contributed by atoms with Crippen LogP contribution in [0.4, 0.5) is 0 Å². The zero-order valence-corrected chi connectivity index (χ0v) is 12.8. The Morgan fingerprint density at radius 2 is 1.95 bits per heavy atom. The second kappa shape index (κ2) is 5.45. The van der Waals surface area contributed by atoms with E-state index >= 15 is 0 Å². The summed E-state index contributed by atoms with van der Waals surface area (Å²) in [6, 6.07) is 0. The maximum Gasteiger partial charge on any atom is 0.332 e. The fourth-order valence-corrected chi connectivity index (χ4v) is 2.94. The van der Waals surface area contributed by atoms with E-state index in [1.54, 1.807) is 18.5 Å². The number of aryl methyl sites for hydroxylation is 2. The Hall–Kier alpha value is -1.54. The molecule has 0 radical (unpaired) electrons. The van der Waals surface area contributed by atoms with Crippen LogP contribution in [0.25, 0.3) is 11.2 Å². The predicted octanol–water partition coefficient (Wildman–Crippen LogP) is -0.0735. The Bertz CT molecular complexity index is 757. The molecule has 0 fully saturated rings. The van der Waals surface area contributed by atoms with Crippen LogP contribution >= 0.6 is 11.8 Å². The van der Waals surface area contributed by atoms with E-state index in [0.717, 1.165) is 4.57 Å². The molecule has 1 unspecified atom stereocenters. The molecular formula is C12H18N4O3S. The molecule has 0 aromatic carbocycles. The second-order valence-corrected chi connectivity index (χ2v) is 5.66. The lowest BCUT2D eigenvalue weighted by molar-refractivity contribution is 0.220. The summed E-state index contributed by atoms with van der Waals surface area (Å²) in [5.41, 5.74) is 0.0647. The van der Waals surface area contributed by atoms with Crippen molar-refractivity contribution >= 4 is 22.9 Å². The van der Waals surface area contributed by atoms with Crippen LogP contribution in [-0.4, -0.2) is 35.6 Å². The highest BCUT2D eigenvalue weighted by Gasteiger charge is 2.18. The van der Waals surface area contributed by atoms with Crippen molar-refractivity contribution in [3.05, 3.63) is 20.8 Å². The fourth-order valence-electron chi connectivity index (χ4n) is 2.03. The summed E-state index contributed by atoms with van der Waals surface area (Å²) in [6.07, 6.45) is -0.461. The highest BCUT2D eigenvalue weighted by Crippen LogP contribution is 2.21. The maximum atomic E-state index is 12.3. The van der Waals surface area contributed by atoms with Crippen LogP contribution in [-0.2, 0) is 20.6 Å².